The topological polar surface area (TPSA) is 50.4 Å². The van der Waals surface area contributed by atoms with Gasteiger partial charge in [-0.25, -0.2) is 4.79 Å². The van der Waals surface area contributed by atoms with E-state index in [0.29, 0.717) is 13.2 Å². The molecule has 110 valence electrons. The summed E-state index contributed by atoms with van der Waals surface area (Å²) in [6, 6.07) is 11.3. The van der Waals surface area contributed by atoms with E-state index in [-0.39, 0.29) is 12.1 Å². The van der Waals surface area contributed by atoms with E-state index in [2.05, 4.69) is 10.6 Å². The minimum absolute atomic E-state index is 0.0122. The SMILES string of the molecule is O=C(NCc1ccc(Cl)s1)NC1CCOc2ccccc21. The van der Waals surface area contributed by atoms with Crippen LogP contribution in [0.1, 0.15) is 22.9 Å². The number of benzene rings is 1. The van der Waals surface area contributed by atoms with Crippen molar-refractivity contribution in [3.05, 3.63) is 51.2 Å². The molecule has 0 aliphatic carbocycles. The highest BCUT2D eigenvalue weighted by Crippen LogP contribution is 2.31. The van der Waals surface area contributed by atoms with Gasteiger partial charge in [0.1, 0.15) is 5.75 Å². The van der Waals surface area contributed by atoms with Crippen LogP contribution in [0.5, 0.6) is 5.75 Å². The molecule has 3 rings (SSSR count). The molecule has 1 aromatic carbocycles. The number of ether oxygens (including phenoxy) is 1. The summed E-state index contributed by atoms with van der Waals surface area (Å²) in [6.07, 6.45) is 0.773. The van der Waals surface area contributed by atoms with Crippen LogP contribution in [0.4, 0.5) is 4.79 Å². The molecular weight excluding hydrogens is 308 g/mol. The van der Waals surface area contributed by atoms with Gasteiger partial charge in [0.2, 0.25) is 0 Å². The molecule has 4 nitrogen and oxygen atoms in total. The van der Waals surface area contributed by atoms with E-state index < -0.39 is 0 Å². The van der Waals surface area contributed by atoms with Gasteiger partial charge >= 0.3 is 6.03 Å². The number of halogens is 1. The van der Waals surface area contributed by atoms with Crippen LogP contribution in [-0.4, -0.2) is 12.6 Å². The number of hydrogen-bond donors (Lipinski definition) is 2. The monoisotopic (exact) mass is 322 g/mol. The second kappa shape index (κ2) is 6.37. The Bertz CT molecular complexity index is 644. The number of rotatable bonds is 3. The predicted molar refractivity (Wildman–Crippen MR) is 84.0 cm³/mol. The fraction of sp³-hybridized carbons (Fsp3) is 0.267. The average molecular weight is 323 g/mol. The number of para-hydroxylation sites is 1. The van der Waals surface area contributed by atoms with Crippen molar-refractivity contribution in [1.29, 1.82) is 0 Å². The summed E-state index contributed by atoms with van der Waals surface area (Å²) in [5.41, 5.74) is 1.03. The maximum atomic E-state index is 12.0. The molecule has 0 radical (unpaired) electrons. The van der Waals surface area contributed by atoms with E-state index in [4.69, 9.17) is 16.3 Å². The molecule has 6 heteroatoms. The Labute approximate surface area is 132 Å². The Kier molecular flexibility index (Phi) is 4.31. The van der Waals surface area contributed by atoms with E-state index >= 15 is 0 Å². The number of urea groups is 1. The fourth-order valence-corrected chi connectivity index (χ4v) is 3.34. The normalized spacial score (nSPS) is 16.7. The lowest BCUT2D eigenvalue weighted by molar-refractivity contribution is 0.223. The van der Waals surface area contributed by atoms with Crippen LogP contribution >= 0.6 is 22.9 Å². The van der Waals surface area contributed by atoms with Gasteiger partial charge in [-0.3, -0.25) is 0 Å². The summed E-state index contributed by atoms with van der Waals surface area (Å²) in [5, 5.41) is 5.85. The van der Waals surface area contributed by atoms with Crippen LogP contribution in [0.15, 0.2) is 36.4 Å². The number of thiophene rings is 1. The van der Waals surface area contributed by atoms with Crippen LogP contribution in [-0.2, 0) is 6.54 Å². The first-order valence-corrected chi connectivity index (χ1v) is 7.92. The van der Waals surface area contributed by atoms with Crippen molar-refractivity contribution < 1.29 is 9.53 Å². The van der Waals surface area contributed by atoms with Gasteiger partial charge in [0, 0.05) is 16.9 Å². The average Bonchev–Trinajstić information content (AvgIpc) is 2.91. The molecule has 1 aliphatic heterocycles. The maximum Gasteiger partial charge on any atom is 0.315 e. The van der Waals surface area contributed by atoms with Crippen molar-refractivity contribution in [3.63, 3.8) is 0 Å². The van der Waals surface area contributed by atoms with Crippen molar-refractivity contribution in [2.45, 2.75) is 19.0 Å². The molecule has 2 heterocycles. The van der Waals surface area contributed by atoms with Crippen LogP contribution < -0.4 is 15.4 Å². The second-order valence-corrected chi connectivity index (χ2v) is 6.56. The largest absolute Gasteiger partial charge is 0.493 e. The van der Waals surface area contributed by atoms with E-state index in [1.165, 1.54) is 11.3 Å². The summed E-state index contributed by atoms with van der Waals surface area (Å²) < 4.78 is 6.31. The Hall–Kier alpha value is -1.72. The standard InChI is InChI=1S/C15H15ClN2O2S/c16-14-6-5-10(21-14)9-17-15(19)18-12-7-8-20-13-4-2-1-3-11(12)13/h1-6,12H,7-9H2,(H2,17,18,19). The fourth-order valence-electron chi connectivity index (χ4n) is 2.32. The smallest absolute Gasteiger partial charge is 0.315 e. The van der Waals surface area contributed by atoms with Gasteiger partial charge in [0.05, 0.1) is 23.5 Å². The summed E-state index contributed by atoms with van der Waals surface area (Å²) in [5.74, 6) is 0.846. The molecule has 2 amide bonds. The third-order valence-corrected chi connectivity index (χ3v) is 4.55. The Morgan fingerprint density at radius 1 is 1.33 bits per heavy atom. The number of nitrogens with one attached hydrogen (secondary N) is 2. The summed E-state index contributed by atoms with van der Waals surface area (Å²) in [4.78, 5) is 13.0. The van der Waals surface area contributed by atoms with Gasteiger partial charge < -0.3 is 15.4 Å². The first-order valence-electron chi connectivity index (χ1n) is 6.72. The molecule has 0 saturated heterocycles. The highest BCUT2D eigenvalue weighted by atomic mass is 35.5. The maximum absolute atomic E-state index is 12.0. The molecule has 0 bridgehead atoms. The third kappa shape index (κ3) is 3.49. The van der Waals surface area contributed by atoms with Gasteiger partial charge in [-0.15, -0.1) is 11.3 Å². The van der Waals surface area contributed by atoms with Crippen LogP contribution in [0, 0.1) is 0 Å². The van der Waals surface area contributed by atoms with E-state index in [9.17, 15) is 4.79 Å². The van der Waals surface area contributed by atoms with Crippen LogP contribution in [0.2, 0.25) is 4.34 Å². The zero-order valence-corrected chi connectivity index (χ0v) is 12.8. The molecule has 1 aliphatic rings. The van der Waals surface area contributed by atoms with Crippen molar-refractivity contribution in [1.82, 2.24) is 10.6 Å². The van der Waals surface area contributed by atoms with Gasteiger partial charge in [-0.1, -0.05) is 29.8 Å². The van der Waals surface area contributed by atoms with Crippen molar-refractivity contribution in [2.24, 2.45) is 0 Å². The predicted octanol–water partition coefficient (Wildman–Crippen LogP) is 3.72. The zero-order valence-electron chi connectivity index (χ0n) is 11.3. The van der Waals surface area contributed by atoms with Gasteiger partial charge in [-0.2, -0.15) is 0 Å². The minimum atomic E-state index is -0.179. The quantitative estimate of drug-likeness (QED) is 0.904. The number of hydrogen-bond acceptors (Lipinski definition) is 3. The first-order chi connectivity index (χ1) is 10.2. The highest BCUT2D eigenvalue weighted by molar-refractivity contribution is 7.16. The molecular formula is C15H15ClN2O2S. The third-order valence-electron chi connectivity index (χ3n) is 3.32. The molecule has 0 fully saturated rings. The number of carbonyl (C=O) groups is 1. The first kappa shape index (κ1) is 14.2. The van der Waals surface area contributed by atoms with Crippen LogP contribution in [0.25, 0.3) is 0 Å². The lowest BCUT2D eigenvalue weighted by Gasteiger charge is -2.26. The van der Waals surface area contributed by atoms with E-state index in [1.807, 2.05) is 36.4 Å². The lowest BCUT2D eigenvalue weighted by atomic mass is 10.0. The number of fused-ring (bicyclic) bond motifs is 1. The highest BCUT2D eigenvalue weighted by Gasteiger charge is 2.22. The molecule has 0 spiro atoms. The molecule has 1 aromatic heterocycles. The Morgan fingerprint density at radius 3 is 3.00 bits per heavy atom. The molecule has 0 saturated carbocycles. The van der Waals surface area contributed by atoms with Crippen molar-refractivity contribution >= 4 is 29.0 Å². The second-order valence-electron chi connectivity index (χ2n) is 4.76. The van der Waals surface area contributed by atoms with E-state index in [1.54, 1.807) is 0 Å². The minimum Gasteiger partial charge on any atom is -0.493 e. The Morgan fingerprint density at radius 2 is 2.19 bits per heavy atom. The zero-order chi connectivity index (χ0) is 14.7. The molecule has 1 atom stereocenters. The lowest BCUT2D eigenvalue weighted by Crippen LogP contribution is -2.39. The van der Waals surface area contributed by atoms with Gasteiger partial charge in [0.25, 0.3) is 0 Å². The van der Waals surface area contributed by atoms with Crippen LogP contribution in [0.3, 0.4) is 0 Å². The molecule has 2 N–H and O–H groups in total. The molecule has 2 aromatic rings. The van der Waals surface area contributed by atoms with Crippen molar-refractivity contribution in [3.8, 4) is 5.75 Å². The molecule has 21 heavy (non-hydrogen) atoms. The Balaban J connectivity index is 1.58. The summed E-state index contributed by atoms with van der Waals surface area (Å²) >= 11 is 7.33. The molecule has 1 unspecified atom stereocenters. The van der Waals surface area contributed by atoms with E-state index in [0.717, 1.165) is 26.9 Å². The summed E-state index contributed by atoms with van der Waals surface area (Å²) in [7, 11) is 0. The van der Waals surface area contributed by atoms with Gasteiger partial charge in [-0.05, 0) is 18.2 Å². The summed E-state index contributed by atoms with van der Waals surface area (Å²) in [6.45, 7) is 1.09. The van der Waals surface area contributed by atoms with Crippen molar-refractivity contribution in [2.75, 3.05) is 6.61 Å². The number of carbonyl (C=O) groups excluding carboxylic acids is 1. The number of amides is 2. The van der Waals surface area contributed by atoms with Gasteiger partial charge in [0.15, 0.2) is 0 Å².